The molecule has 0 bridgehead atoms. The average molecular weight is 1160 g/mol. The number of carbonyl (C=O) groups is 12. The van der Waals surface area contributed by atoms with Crippen molar-refractivity contribution in [3.63, 3.8) is 0 Å². The van der Waals surface area contributed by atoms with Gasteiger partial charge >= 0.3 is 71.6 Å². The number of rotatable bonds is 16. The lowest BCUT2D eigenvalue weighted by atomic mass is 9.82. The smallest absolute Gasteiger partial charge is 0.314 e. The van der Waals surface area contributed by atoms with Gasteiger partial charge in [-0.05, 0) is 18.2 Å². The highest BCUT2D eigenvalue weighted by molar-refractivity contribution is 5.90. The van der Waals surface area contributed by atoms with E-state index >= 15 is 0 Å². The monoisotopic (exact) mass is 1150 g/mol. The molecule has 3 fully saturated rings. The van der Waals surface area contributed by atoms with Crippen molar-refractivity contribution in [2.75, 3.05) is 0 Å². The molecule has 0 amide bonds. The van der Waals surface area contributed by atoms with Crippen LogP contribution in [-0.4, -0.2) is 137 Å². The summed E-state index contributed by atoms with van der Waals surface area (Å²) in [6.07, 6.45) is -15.1. The largest absolute Gasteiger partial charge is 0.508 e. The normalized spacial score (nSPS) is 24.8. The summed E-state index contributed by atoms with van der Waals surface area (Å²) in [6, 6.07) is 4.79. The Bertz CT molecular complexity index is 3040. The standard InChI is InChI=1S/C54H58O28/c1-21(55)70-39-13-31(14-40(71-22(2)56)48(39)76-27(7)61)52(67)80-36-11-10-30(12-37(36)81-53(68)32-15-41(72-23(3)57)49(77-28(8)62)42(16-32)73-24(4)58)47-51(46(66)45-35(65)19-34(64)20-38(45)79-47)82-54(69)33-17-43(74-25(5)59)50(78-29(9)63)44(18-33)75-26(6)60/h10-12,19-20,31-33,39-44,48-50,64-65H,13-18H2,1-9H3. The van der Waals surface area contributed by atoms with E-state index in [9.17, 15) is 72.5 Å². The summed E-state index contributed by atoms with van der Waals surface area (Å²) in [5, 5.41) is 20.8. The molecule has 3 aliphatic rings. The molecule has 28 nitrogen and oxygen atoms in total. The minimum absolute atomic E-state index is 0.331. The number of benzene rings is 2. The van der Waals surface area contributed by atoms with Gasteiger partial charge in [0.15, 0.2) is 35.6 Å². The lowest BCUT2D eigenvalue weighted by Crippen LogP contribution is -2.52. The van der Waals surface area contributed by atoms with Gasteiger partial charge in [0, 0.05) is 119 Å². The number of aromatic hydroxyl groups is 2. The van der Waals surface area contributed by atoms with Crippen LogP contribution in [0.2, 0.25) is 0 Å². The van der Waals surface area contributed by atoms with E-state index in [-0.39, 0.29) is 18.4 Å². The average Bonchev–Trinajstić information content (AvgIpc) is 3.43. The molecule has 442 valence electrons. The van der Waals surface area contributed by atoms with E-state index in [1.807, 2.05) is 0 Å². The number of esters is 12. The van der Waals surface area contributed by atoms with Gasteiger partial charge in [0.25, 0.3) is 0 Å². The predicted molar refractivity (Wildman–Crippen MR) is 266 cm³/mol. The Hall–Kier alpha value is -9.11. The van der Waals surface area contributed by atoms with E-state index in [0.29, 0.717) is 0 Å². The Morgan fingerprint density at radius 3 is 1.06 bits per heavy atom. The van der Waals surface area contributed by atoms with Crippen molar-refractivity contribution in [1.29, 1.82) is 0 Å². The maximum atomic E-state index is 14.6. The number of carbonyl (C=O) groups excluding carboxylic acids is 12. The summed E-state index contributed by atoms with van der Waals surface area (Å²) in [5.41, 5.74) is -2.09. The fraction of sp³-hybridized carbons (Fsp3) is 0.500. The number of hydrogen-bond acceptors (Lipinski definition) is 28. The summed E-state index contributed by atoms with van der Waals surface area (Å²) in [7, 11) is 0. The second kappa shape index (κ2) is 26.4. The number of hydrogen-bond donors (Lipinski definition) is 2. The molecule has 1 heterocycles. The van der Waals surface area contributed by atoms with Gasteiger partial charge in [-0.3, -0.25) is 62.3 Å². The SMILES string of the molecule is CC(=O)OC1CC(C(=O)Oc2ccc(-c3oc4cc(O)cc(O)c4c(=O)c3OC(=O)C3CC(OC(C)=O)C(OC(C)=O)C(OC(C)=O)C3)cc2OC(=O)C2CC(OC(C)=O)C(OC(C)=O)C(OC(C)=O)C2)CC(OC(C)=O)C1OC(C)=O. The van der Waals surface area contributed by atoms with Gasteiger partial charge in [-0.25, -0.2) is 0 Å². The highest BCUT2D eigenvalue weighted by atomic mass is 16.6. The topological polar surface area (TPSA) is 386 Å². The molecule has 6 rings (SSSR count). The van der Waals surface area contributed by atoms with Gasteiger partial charge in [-0.15, -0.1) is 0 Å². The van der Waals surface area contributed by atoms with Gasteiger partial charge in [0.1, 0.15) is 59.1 Å². The molecular formula is C54H58O28. The molecule has 6 unspecified atom stereocenters. The molecule has 0 aliphatic heterocycles. The molecular weight excluding hydrogens is 1100 g/mol. The number of fused-ring (bicyclic) bond motifs is 1. The van der Waals surface area contributed by atoms with E-state index in [0.717, 1.165) is 92.6 Å². The first-order valence-electron chi connectivity index (χ1n) is 25.3. The summed E-state index contributed by atoms with van der Waals surface area (Å²) >= 11 is 0. The van der Waals surface area contributed by atoms with Gasteiger partial charge in [0.2, 0.25) is 11.2 Å². The van der Waals surface area contributed by atoms with Crippen molar-refractivity contribution in [2.24, 2.45) is 17.8 Å². The van der Waals surface area contributed by atoms with Crippen LogP contribution in [-0.2, 0) is 100 Å². The Morgan fingerprint density at radius 1 is 0.415 bits per heavy atom. The second-order valence-corrected chi connectivity index (χ2v) is 19.5. The third kappa shape index (κ3) is 15.8. The van der Waals surface area contributed by atoms with Crippen molar-refractivity contribution in [3.05, 3.63) is 40.6 Å². The maximum Gasteiger partial charge on any atom is 0.314 e. The van der Waals surface area contributed by atoms with Crippen LogP contribution in [0.4, 0.5) is 0 Å². The van der Waals surface area contributed by atoms with Crippen molar-refractivity contribution >= 4 is 82.6 Å². The van der Waals surface area contributed by atoms with Crippen LogP contribution in [0.1, 0.15) is 101 Å². The molecule has 1 aromatic heterocycles. The third-order valence-electron chi connectivity index (χ3n) is 12.9. The van der Waals surface area contributed by atoms with Crippen molar-refractivity contribution in [3.8, 4) is 40.1 Å². The Balaban J connectivity index is 1.49. The number of phenolic OH excluding ortho intramolecular Hbond substituents is 2. The van der Waals surface area contributed by atoms with Crippen LogP contribution in [0.15, 0.2) is 39.5 Å². The lowest BCUT2D eigenvalue weighted by molar-refractivity contribution is -0.195. The van der Waals surface area contributed by atoms with Crippen LogP contribution >= 0.6 is 0 Å². The molecule has 6 atom stereocenters. The number of phenols is 2. The van der Waals surface area contributed by atoms with Gasteiger partial charge in [-0.2, -0.15) is 0 Å². The van der Waals surface area contributed by atoms with Crippen molar-refractivity contribution < 1.29 is 129 Å². The minimum atomic E-state index is -1.42. The fourth-order valence-electron chi connectivity index (χ4n) is 10.0. The molecule has 28 heteroatoms. The molecule has 2 N–H and O–H groups in total. The van der Waals surface area contributed by atoms with Crippen LogP contribution < -0.4 is 19.6 Å². The van der Waals surface area contributed by atoms with E-state index in [1.165, 1.54) is 0 Å². The van der Waals surface area contributed by atoms with Crippen molar-refractivity contribution in [1.82, 2.24) is 0 Å². The minimum Gasteiger partial charge on any atom is -0.508 e. The third-order valence-corrected chi connectivity index (χ3v) is 12.9. The Labute approximate surface area is 464 Å². The van der Waals surface area contributed by atoms with Crippen LogP contribution in [0.5, 0.6) is 28.7 Å². The first-order chi connectivity index (χ1) is 38.5. The summed E-state index contributed by atoms with van der Waals surface area (Å²) in [4.78, 5) is 168. The summed E-state index contributed by atoms with van der Waals surface area (Å²) in [6.45, 7) is 9.32. The van der Waals surface area contributed by atoms with E-state index in [1.54, 1.807) is 0 Å². The van der Waals surface area contributed by atoms with Crippen LogP contribution in [0, 0.1) is 17.8 Å². The zero-order valence-electron chi connectivity index (χ0n) is 45.6. The molecule has 3 saturated carbocycles. The maximum absolute atomic E-state index is 14.6. The fourth-order valence-corrected chi connectivity index (χ4v) is 10.0. The highest BCUT2D eigenvalue weighted by Gasteiger charge is 2.50. The van der Waals surface area contributed by atoms with Gasteiger partial charge in [-0.1, -0.05) is 0 Å². The zero-order chi connectivity index (χ0) is 60.6. The summed E-state index contributed by atoms with van der Waals surface area (Å²) < 4.78 is 72.2. The van der Waals surface area contributed by atoms with Crippen molar-refractivity contribution in [2.45, 2.75) is 156 Å². The molecule has 3 aromatic rings. The quantitative estimate of drug-likeness (QED) is 0.118. The first kappa shape index (κ1) is 62.1. The Morgan fingerprint density at radius 2 is 0.732 bits per heavy atom. The van der Waals surface area contributed by atoms with Gasteiger partial charge in [0.05, 0.1) is 17.8 Å². The second-order valence-electron chi connectivity index (χ2n) is 19.5. The van der Waals surface area contributed by atoms with Crippen LogP contribution in [0.25, 0.3) is 22.3 Å². The van der Waals surface area contributed by atoms with E-state index < -0.39 is 221 Å². The number of ether oxygens (including phenoxy) is 12. The predicted octanol–water partition coefficient (Wildman–Crippen LogP) is 3.20. The van der Waals surface area contributed by atoms with Crippen LogP contribution in [0.3, 0.4) is 0 Å². The summed E-state index contributed by atoms with van der Waals surface area (Å²) in [5.74, 6) is -19.9. The molecule has 2 aromatic carbocycles. The lowest BCUT2D eigenvalue weighted by Gasteiger charge is -2.39. The first-order valence-corrected chi connectivity index (χ1v) is 25.3. The molecule has 3 aliphatic carbocycles. The molecule has 0 saturated heterocycles. The van der Waals surface area contributed by atoms with Gasteiger partial charge < -0.3 is 71.5 Å². The molecule has 82 heavy (non-hydrogen) atoms. The zero-order valence-corrected chi connectivity index (χ0v) is 45.6. The molecule has 0 spiro atoms. The van der Waals surface area contributed by atoms with E-state index in [4.69, 9.17) is 61.3 Å². The van der Waals surface area contributed by atoms with E-state index in [2.05, 4.69) is 0 Å². The highest BCUT2D eigenvalue weighted by Crippen LogP contribution is 2.43. The molecule has 0 radical (unpaired) electrons. The Kier molecular flexibility index (Phi) is 20.0.